The van der Waals surface area contributed by atoms with Crippen LogP contribution in [0.15, 0.2) is 0 Å². The van der Waals surface area contributed by atoms with Crippen molar-refractivity contribution < 1.29 is 4.79 Å². The van der Waals surface area contributed by atoms with Crippen molar-refractivity contribution in [2.24, 2.45) is 11.8 Å². The highest BCUT2D eigenvalue weighted by molar-refractivity contribution is 5.76. The molecule has 1 fully saturated rings. The number of rotatable bonds is 8. The van der Waals surface area contributed by atoms with E-state index in [9.17, 15) is 4.79 Å². The molecule has 0 bridgehead atoms. The van der Waals surface area contributed by atoms with Crippen molar-refractivity contribution in [3.8, 4) is 0 Å². The maximum absolute atomic E-state index is 12.1. The second kappa shape index (κ2) is 9.38. The van der Waals surface area contributed by atoms with Crippen molar-refractivity contribution in [3.05, 3.63) is 0 Å². The lowest BCUT2D eigenvalue weighted by Gasteiger charge is -2.27. The Kier molecular flexibility index (Phi) is 8.20. The molecule has 1 rings (SSSR count). The molecule has 0 saturated carbocycles. The molecule has 0 aliphatic carbocycles. The maximum Gasteiger partial charge on any atom is 0.223 e. The van der Waals surface area contributed by atoms with E-state index >= 15 is 0 Å². The van der Waals surface area contributed by atoms with Gasteiger partial charge in [0.05, 0.1) is 0 Å². The number of piperidine rings is 1. The molecule has 20 heavy (non-hydrogen) atoms. The number of amides is 1. The lowest BCUT2D eigenvalue weighted by molar-refractivity contribution is -0.132. The van der Waals surface area contributed by atoms with Gasteiger partial charge in [0.25, 0.3) is 0 Å². The molecular formula is C17H34N2O. The van der Waals surface area contributed by atoms with E-state index < -0.39 is 0 Å². The highest BCUT2D eigenvalue weighted by Crippen LogP contribution is 2.14. The normalized spacial score (nSPS) is 16.4. The first-order valence-corrected chi connectivity index (χ1v) is 8.50. The molecule has 118 valence electrons. The van der Waals surface area contributed by atoms with Crippen LogP contribution in [0, 0.1) is 11.8 Å². The fourth-order valence-electron chi connectivity index (χ4n) is 3.09. The van der Waals surface area contributed by atoms with Crippen LogP contribution in [0.1, 0.15) is 66.2 Å². The topological polar surface area (TPSA) is 32.3 Å². The van der Waals surface area contributed by atoms with Crippen molar-refractivity contribution in [3.63, 3.8) is 0 Å². The minimum Gasteiger partial charge on any atom is -0.343 e. The summed E-state index contributed by atoms with van der Waals surface area (Å²) < 4.78 is 0. The lowest BCUT2D eigenvalue weighted by atomic mass is 9.95. The van der Waals surface area contributed by atoms with Crippen LogP contribution in [0.3, 0.4) is 0 Å². The highest BCUT2D eigenvalue weighted by Gasteiger charge is 2.17. The molecule has 1 heterocycles. The summed E-state index contributed by atoms with van der Waals surface area (Å²) in [5, 5.41) is 3.60. The molecule has 0 radical (unpaired) electrons. The summed E-state index contributed by atoms with van der Waals surface area (Å²) in [6.45, 7) is 11.9. The van der Waals surface area contributed by atoms with E-state index in [2.05, 4.69) is 33.0 Å². The van der Waals surface area contributed by atoms with Gasteiger partial charge in [0, 0.05) is 32.1 Å². The van der Waals surface area contributed by atoms with E-state index in [0.29, 0.717) is 30.2 Å². The SMILES string of the molecule is CC(C)CC(CC(C)C)NCCC(=O)N1CCCCC1. The van der Waals surface area contributed by atoms with Gasteiger partial charge in [-0.15, -0.1) is 0 Å². The molecule has 0 unspecified atom stereocenters. The molecule has 1 aliphatic rings. The number of carbonyl (C=O) groups is 1. The molecule has 0 aromatic rings. The van der Waals surface area contributed by atoms with Gasteiger partial charge in [0.1, 0.15) is 0 Å². The Bertz CT molecular complexity index is 260. The smallest absolute Gasteiger partial charge is 0.223 e. The van der Waals surface area contributed by atoms with Gasteiger partial charge in [0.15, 0.2) is 0 Å². The molecule has 3 heteroatoms. The van der Waals surface area contributed by atoms with Crippen molar-refractivity contribution in [1.82, 2.24) is 10.2 Å². The molecule has 0 aromatic carbocycles. The first-order chi connectivity index (χ1) is 9.49. The summed E-state index contributed by atoms with van der Waals surface area (Å²) >= 11 is 0. The monoisotopic (exact) mass is 282 g/mol. The zero-order valence-electron chi connectivity index (χ0n) is 14.0. The molecule has 1 aliphatic heterocycles. The zero-order chi connectivity index (χ0) is 15.0. The Balaban J connectivity index is 2.25. The van der Waals surface area contributed by atoms with Gasteiger partial charge in [-0.3, -0.25) is 4.79 Å². The largest absolute Gasteiger partial charge is 0.343 e. The fourth-order valence-corrected chi connectivity index (χ4v) is 3.09. The molecule has 3 nitrogen and oxygen atoms in total. The van der Waals surface area contributed by atoms with E-state index in [1.54, 1.807) is 0 Å². The number of hydrogen-bond donors (Lipinski definition) is 1. The number of likely N-dealkylation sites (tertiary alicyclic amines) is 1. The van der Waals surface area contributed by atoms with Crippen LogP contribution in [0.2, 0.25) is 0 Å². The van der Waals surface area contributed by atoms with Crippen LogP contribution in [0.5, 0.6) is 0 Å². The van der Waals surface area contributed by atoms with Crippen molar-refractivity contribution in [1.29, 1.82) is 0 Å². The van der Waals surface area contributed by atoms with Crippen LogP contribution >= 0.6 is 0 Å². The van der Waals surface area contributed by atoms with Crippen LogP contribution < -0.4 is 5.32 Å². The molecule has 0 spiro atoms. The van der Waals surface area contributed by atoms with Gasteiger partial charge in [0.2, 0.25) is 5.91 Å². The quantitative estimate of drug-likeness (QED) is 0.739. The third kappa shape index (κ3) is 7.28. The van der Waals surface area contributed by atoms with E-state index in [0.717, 1.165) is 19.6 Å². The summed E-state index contributed by atoms with van der Waals surface area (Å²) in [5.41, 5.74) is 0. The Labute approximate surface area is 125 Å². The Morgan fingerprint density at radius 2 is 1.55 bits per heavy atom. The Hall–Kier alpha value is -0.570. The maximum atomic E-state index is 12.1. The number of nitrogens with zero attached hydrogens (tertiary/aromatic N) is 1. The first kappa shape index (κ1) is 17.5. The number of carbonyl (C=O) groups excluding carboxylic acids is 1. The summed E-state index contributed by atoms with van der Waals surface area (Å²) in [5.74, 6) is 1.76. The van der Waals surface area contributed by atoms with Crippen LogP contribution in [-0.4, -0.2) is 36.5 Å². The van der Waals surface area contributed by atoms with Crippen molar-refractivity contribution in [2.45, 2.75) is 72.3 Å². The van der Waals surface area contributed by atoms with E-state index in [-0.39, 0.29) is 0 Å². The standard InChI is InChI=1S/C17H34N2O/c1-14(2)12-16(13-15(3)4)18-9-8-17(20)19-10-6-5-7-11-19/h14-16,18H,5-13H2,1-4H3. The van der Waals surface area contributed by atoms with E-state index in [1.807, 2.05) is 4.90 Å². The average molecular weight is 282 g/mol. The summed E-state index contributed by atoms with van der Waals surface area (Å²) in [7, 11) is 0. The molecule has 1 amide bonds. The third-order valence-electron chi connectivity index (χ3n) is 3.99. The Morgan fingerprint density at radius 3 is 2.05 bits per heavy atom. The fraction of sp³-hybridized carbons (Fsp3) is 0.941. The zero-order valence-corrected chi connectivity index (χ0v) is 14.0. The molecular weight excluding hydrogens is 248 g/mol. The highest BCUT2D eigenvalue weighted by atomic mass is 16.2. The molecule has 1 N–H and O–H groups in total. The Morgan fingerprint density at radius 1 is 1.00 bits per heavy atom. The summed E-state index contributed by atoms with van der Waals surface area (Å²) in [4.78, 5) is 14.2. The van der Waals surface area contributed by atoms with Crippen LogP contribution in [0.4, 0.5) is 0 Å². The predicted molar refractivity (Wildman–Crippen MR) is 85.7 cm³/mol. The van der Waals surface area contributed by atoms with Gasteiger partial charge in [-0.1, -0.05) is 27.7 Å². The van der Waals surface area contributed by atoms with E-state index in [4.69, 9.17) is 0 Å². The number of hydrogen-bond acceptors (Lipinski definition) is 2. The van der Waals surface area contributed by atoms with Crippen LogP contribution in [-0.2, 0) is 4.79 Å². The van der Waals surface area contributed by atoms with Gasteiger partial charge in [-0.2, -0.15) is 0 Å². The van der Waals surface area contributed by atoms with Crippen LogP contribution in [0.25, 0.3) is 0 Å². The summed E-state index contributed by atoms with van der Waals surface area (Å²) in [6.07, 6.45) is 6.72. The first-order valence-electron chi connectivity index (χ1n) is 8.50. The summed E-state index contributed by atoms with van der Waals surface area (Å²) in [6, 6.07) is 0.559. The molecule has 1 saturated heterocycles. The second-order valence-electron chi connectivity index (χ2n) is 7.10. The van der Waals surface area contributed by atoms with Crippen molar-refractivity contribution in [2.75, 3.05) is 19.6 Å². The minimum absolute atomic E-state index is 0.338. The minimum atomic E-state index is 0.338. The van der Waals surface area contributed by atoms with Gasteiger partial charge in [-0.25, -0.2) is 0 Å². The van der Waals surface area contributed by atoms with Gasteiger partial charge < -0.3 is 10.2 Å². The third-order valence-corrected chi connectivity index (χ3v) is 3.99. The molecule has 0 atom stereocenters. The number of nitrogens with one attached hydrogen (secondary N) is 1. The average Bonchev–Trinajstić information content (AvgIpc) is 2.38. The van der Waals surface area contributed by atoms with E-state index in [1.165, 1.54) is 32.1 Å². The van der Waals surface area contributed by atoms with Gasteiger partial charge >= 0.3 is 0 Å². The second-order valence-corrected chi connectivity index (χ2v) is 7.10. The molecule has 0 aromatic heterocycles. The predicted octanol–water partition coefficient (Wildman–Crippen LogP) is 3.44. The van der Waals surface area contributed by atoms with Gasteiger partial charge in [-0.05, 0) is 43.9 Å². The lowest BCUT2D eigenvalue weighted by Crippen LogP contribution is -2.39. The van der Waals surface area contributed by atoms with Crippen molar-refractivity contribution >= 4 is 5.91 Å².